The Kier molecular flexibility index (Phi) is 3.23. The maximum Gasteiger partial charge on any atom is 0.0545 e. The topological polar surface area (TPSA) is 6.48 Å². The Morgan fingerprint density at radius 2 is 1.24 bits per heavy atom. The van der Waals surface area contributed by atoms with Gasteiger partial charge in [-0.1, -0.05) is 24.3 Å². The largest absolute Gasteiger partial charge is 0.383 e. The van der Waals surface area contributed by atoms with Crippen LogP contribution < -0.4 is 0 Å². The Hall–Kier alpha value is -1.70. The molecule has 0 bridgehead atoms. The van der Waals surface area contributed by atoms with Crippen molar-refractivity contribution < 1.29 is 0 Å². The molecule has 0 aliphatic heterocycles. The van der Waals surface area contributed by atoms with Crippen molar-refractivity contribution in [3.05, 3.63) is 54.2 Å². The first-order valence-electron chi connectivity index (χ1n) is 5.71. The van der Waals surface area contributed by atoms with Crippen LogP contribution in [0.15, 0.2) is 36.7 Å². The lowest BCUT2D eigenvalue weighted by atomic mass is 10.1. The monoisotopic (exact) mass is 226 g/mol. The van der Waals surface area contributed by atoms with Crippen molar-refractivity contribution in [2.24, 2.45) is 0 Å². The minimum atomic E-state index is 1.15. The van der Waals surface area contributed by atoms with Gasteiger partial charge in [0.05, 0.1) is 6.42 Å². The Bertz CT molecular complexity index is 425. The third-order valence-corrected chi connectivity index (χ3v) is 2.55. The molecular formula is C15H18N2. The molecule has 1 aromatic carbocycles. The van der Waals surface area contributed by atoms with Crippen LogP contribution in [0.2, 0.25) is 0 Å². The van der Waals surface area contributed by atoms with E-state index in [1.807, 2.05) is 28.2 Å². The SMILES string of the molecule is CN(C)/C=C1/[C]/C(=C\N(C)C)c2ccccc21. The van der Waals surface area contributed by atoms with Crippen molar-refractivity contribution in [1.82, 2.24) is 9.80 Å². The lowest BCUT2D eigenvalue weighted by Crippen LogP contribution is -2.02. The van der Waals surface area contributed by atoms with E-state index in [9.17, 15) is 0 Å². The van der Waals surface area contributed by atoms with E-state index in [-0.39, 0.29) is 0 Å². The molecule has 0 amide bonds. The summed E-state index contributed by atoms with van der Waals surface area (Å²) in [5, 5.41) is 0. The average molecular weight is 226 g/mol. The van der Waals surface area contributed by atoms with Crippen molar-refractivity contribution in [2.45, 2.75) is 0 Å². The molecule has 88 valence electrons. The Morgan fingerprint density at radius 1 is 0.824 bits per heavy atom. The standard InChI is InChI=1S/C15H18N2/c1-16(2)10-12-9-13(11-17(3)4)15-8-6-5-7-14(12)15/h5-8,10-11H,1-4H3/b12-10-,13-11+. The number of fused-ring (bicyclic) bond motifs is 1. The molecule has 1 aliphatic carbocycles. The third-order valence-electron chi connectivity index (χ3n) is 2.55. The van der Waals surface area contributed by atoms with Gasteiger partial charge in [-0.2, -0.15) is 0 Å². The molecule has 0 saturated carbocycles. The quantitative estimate of drug-likeness (QED) is 0.764. The molecule has 1 aromatic rings. The Labute approximate surface area is 104 Å². The predicted octanol–water partition coefficient (Wildman–Crippen LogP) is 2.59. The van der Waals surface area contributed by atoms with Crippen LogP contribution in [0.1, 0.15) is 11.1 Å². The van der Waals surface area contributed by atoms with E-state index in [0.717, 1.165) is 11.1 Å². The second-order valence-corrected chi connectivity index (χ2v) is 4.68. The first-order valence-corrected chi connectivity index (χ1v) is 5.71. The molecule has 17 heavy (non-hydrogen) atoms. The van der Waals surface area contributed by atoms with Crippen LogP contribution >= 0.6 is 0 Å². The molecule has 0 aromatic heterocycles. The molecule has 0 N–H and O–H groups in total. The van der Waals surface area contributed by atoms with Crippen molar-refractivity contribution in [1.29, 1.82) is 0 Å². The Morgan fingerprint density at radius 3 is 1.59 bits per heavy atom. The molecule has 2 heteroatoms. The summed E-state index contributed by atoms with van der Waals surface area (Å²) in [5.74, 6) is 0. The second-order valence-electron chi connectivity index (χ2n) is 4.68. The second kappa shape index (κ2) is 4.66. The van der Waals surface area contributed by atoms with Gasteiger partial charge in [0.15, 0.2) is 0 Å². The smallest absolute Gasteiger partial charge is 0.0545 e. The van der Waals surface area contributed by atoms with Crippen LogP contribution in [-0.2, 0) is 0 Å². The summed E-state index contributed by atoms with van der Waals surface area (Å²) in [7, 11) is 8.13. The summed E-state index contributed by atoms with van der Waals surface area (Å²) in [6.45, 7) is 0. The normalized spacial score (nSPS) is 18.6. The van der Waals surface area contributed by atoms with Crippen LogP contribution in [0.25, 0.3) is 11.1 Å². The molecule has 0 heterocycles. The van der Waals surface area contributed by atoms with Crippen molar-refractivity contribution in [3.63, 3.8) is 0 Å². The molecule has 2 rings (SSSR count). The lowest BCUT2D eigenvalue weighted by Gasteiger charge is -2.07. The minimum absolute atomic E-state index is 1.15. The summed E-state index contributed by atoms with van der Waals surface area (Å²) in [6.07, 6.45) is 7.67. The highest BCUT2D eigenvalue weighted by Gasteiger charge is 2.21. The number of hydrogen-bond donors (Lipinski definition) is 0. The van der Waals surface area contributed by atoms with Gasteiger partial charge in [0, 0.05) is 40.6 Å². The van der Waals surface area contributed by atoms with E-state index in [4.69, 9.17) is 0 Å². The van der Waals surface area contributed by atoms with E-state index in [0.29, 0.717) is 0 Å². The Balaban J connectivity index is 2.47. The molecule has 0 fully saturated rings. The van der Waals surface area contributed by atoms with Crippen molar-refractivity contribution in [3.8, 4) is 0 Å². The summed E-state index contributed by atoms with van der Waals surface area (Å²) in [4.78, 5) is 4.11. The molecule has 1 aliphatic rings. The first-order chi connectivity index (χ1) is 8.08. The van der Waals surface area contributed by atoms with Crippen molar-refractivity contribution in [2.75, 3.05) is 28.2 Å². The maximum absolute atomic E-state index is 3.46. The van der Waals surface area contributed by atoms with Gasteiger partial charge in [-0.05, 0) is 22.3 Å². The lowest BCUT2D eigenvalue weighted by molar-refractivity contribution is 0.565. The number of hydrogen-bond acceptors (Lipinski definition) is 2. The zero-order valence-electron chi connectivity index (χ0n) is 10.9. The zero-order valence-corrected chi connectivity index (χ0v) is 10.9. The molecule has 0 unspecified atom stereocenters. The predicted molar refractivity (Wildman–Crippen MR) is 73.0 cm³/mol. The highest BCUT2D eigenvalue weighted by Crippen LogP contribution is 2.39. The van der Waals surface area contributed by atoms with E-state index in [1.54, 1.807) is 0 Å². The molecule has 0 atom stereocenters. The zero-order chi connectivity index (χ0) is 12.4. The van der Waals surface area contributed by atoms with E-state index < -0.39 is 0 Å². The van der Waals surface area contributed by atoms with E-state index in [2.05, 4.69) is 52.9 Å². The fraction of sp³-hybridized carbons (Fsp3) is 0.267. The fourth-order valence-corrected chi connectivity index (χ4v) is 1.95. The number of nitrogens with zero attached hydrogens (tertiary/aromatic N) is 2. The maximum atomic E-state index is 3.46. The van der Waals surface area contributed by atoms with E-state index >= 15 is 0 Å². The van der Waals surface area contributed by atoms with Crippen LogP contribution in [-0.4, -0.2) is 38.0 Å². The van der Waals surface area contributed by atoms with Gasteiger partial charge < -0.3 is 9.80 Å². The fourth-order valence-electron chi connectivity index (χ4n) is 1.95. The molecule has 0 spiro atoms. The van der Waals surface area contributed by atoms with Crippen LogP contribution in [0, 0.1) is 6.42 Å². The third kappa shape index (κ3) is 2.52. The van der Waals surface area contributed by atoms with Crippen LogP contribution in [0.3, 0.4) is 0 Å². The summed E-state index contributed by atoms with van der Waals surface area (Å²) in [6, 6.07) is 8.44. The van der Waals surface area contributed by atoms with Gasteiger partial charge in [0.1, 0.15) is 0 Å². The summed E-state index contributed by atoms with van der Waals surface area (Å²) < 4.78 is 0. The van der Waals surface area contributed by atoms with Crippen LogP contribution in [0.4, 0.5) is 0 Å². The van der Waals surface area contributed by atoms with Gasteiger partial charge >= 0.3 is 0 Å². The van der Waals surface area contributed by atoms with Crippen molar-refractivity contribution >= 4 is 11.1 Å². The molecule has 2 radical (unpaired) electrons. The van der Waals surface area contributed by atoms with Gasteiger partial charge in [0.25, 0.3) is 0 Å². The number of allylic oxidation sites excluding steroid dienone is 2. The van der Waals surface area contributed by atoms with Gasteiger partial charge in [-0.3, -0.25) is 0 Å². The molecule has 2 nitrogen and oxygen atoms in total. The number of rotatable bonds is 2. The van der Waals surface area contributed by atoms with Gasteiger partial charge in [-0.15, -0.1) is 0 Å². The first kappa shape index (κ1) is 11.8. The van der Waals surface area contributed by atoms with Gasteiger partial charge in [0.2, 0.25) is 0 Å². The van der Waals surface area contributed by atoms with Gasteiger partial charge in [-0.25, -0.2) is 0 Å². The average Bonchev–Trinajstić information content (AvgIpc) is 2.56. The number of benzene rings is 1. The minimum Gasteiger partial charge on any atom is -0.383 e. The summed E-state index contributed by atoms with van der Waals surface area (Å²) in [5.41, 5.74) is 4.82. The van der Waals surface area contributed by atoms with Crippen LogP contribution in [0.5, 0.6) is 0 Å². The molecular weight excluding hydrogens is 208 g/mol. The highest BCUT2D eigenvalue weighted by atomic mass is 15.0. The highest BCUT2D eigenvalue weighted by molar-refractivity contribution is 6.00. The van der Waals surface area contributed by atoms with E-state index in [1.165, 1.54) is 11.1 Å². The molecule has 0 saturated heterocycles. The summed E-state index contributed by atoms with van der Waals surface area (Å²) >= 11 is 0.